The molecule has 1 saturated heterocycles. The Bertz CT molecular complexity index is 1050. The Labute approximate surface area is 186 Å². The monoisotopic (exact) mass is 463 g/mol. The van der Waals surface area contributed by atoms with E-state index in [0.717, 1.165) is 0 Å². The lowest BCUT2D eigenvalue weighted by molar-refractivity contribution is -0.152. The standard InChI is InChI=1S/C21H25N3O7S/c1-29-16-5-6-18(19(12-16)30-2)23-20(25)14-31-21(26)15-7-10-24(11-8-15)32(27,28)17-4-3-9-22-13-17/h3-6,9,12-13,15H,7-8,10-11,14H2,1-2H3,(H,23,25). The predicted octanol–water partition coefficient (Wildman–Crippen LogP) is 1.68. The molecule has 3 rings (SSSR count). The highest BCUT2D eigenvalue weighted by Crippen LogP contribution is 2.29. The lowest BCUT2D eigenvalue weighted by Crippen LogP contribution is -2.41. The van der Waals surface area contributed by atoms with Crippen molar-refractivity contribution in [1.82, 2.24) is 9.29 Å². The Morgan fingerprint density at radius 2 is 1.91 bits per heavy atom. The van der Waals surface area contributed by atoms with Gasteiger partial charge in [0.2, 0.25) is 10.0 Å². The first kappa shape index (κ1) is 23.5. The van der Waals surface area contributed by atoms with E-state index in [1.54, 1.807) is 24.3 Å². The maximum atomic E-state index is 12.6. The number of anilines is 1. The molecule has 10 nitrogen and oxygen atoms in total. The second-order valence-electron chi connectivity index (χ2n) is 7.09. The number of sulfonamides is 1. The Hall–Kier alpha value is -3.18. The van der Waals surface area contributed by atoms with Crippen molar-refractivity contribution in [1.29, 1.82) is 0 Å². The van der Waals surface area contributed by atoms with Crippen molar-refractivity contribution < 1.29 is 32.2 Å². The number of esters is 1. The van der Waals surface area contributed by atoms with Gasteiger partial charge in [-0.1, -0.05) is 0 Å². The van der Waals surface area contributed by atoms with Crippen molar-refractivity contribution in [3.63, 3.8) is 0 Å². The van der Waals surface area contributed by atoms with Gasteiger partial charge < -0.3 is 19.5 Å². The van der Waals surface area contributed by atoms with Crippen molar-refractivity contribution in [3.8, 4) is 11.5 Å². The van der Waals surface area contributed by atoms with Crippen LogP contribution in [0.1, 0.15) is 12.8 Å². The average Bonchev–Trinajstić information content (AvgIpc) is 2.83. The van der Waals surface area contributed by atoms with Gasteiger partial charge in [0, 0.05) is 31.5 Å². The van der Waals surface area contributed by atoms with Crippen LogP contribution in [0.5, 0.6) is 11.5 Å². The van der Waals surface area contributed by atoms with Gasteiger partial charge in [-0.15, -0.1) is 0 Å². The number of ether oxygens (including phenoxy) is 3. The Kier molecular flexibility index (Phi) is 7.65. The molecule has 0 atom stereocenters. The summed E-state index contributed by atoms with van der Waals surface area (Å²) in [5.41, 5.74) is 0.420. The minimum absolute atomic E-state index is 0.117. The molecule has 11 heteroatoms. The minimum atomic E-state index is -3.65. The van der Waals surface area contributed by atoms with Gasteiger partial charge in [0.15, 0.2) is 6.61 Å². The Balaban J connectivity index is 1.49. The van der Waals surface area contributed by atoms with Gasteiger partial charge in [0.05, 0.1) is 25.8 Å². The molecule has 2 aromatic rings. The number of nitrogens with zero attached hydrogens (tertiary/aromatic N) is 2. The van der Waals surface area contributed by atoms with Crippen molar-refractivity contribution >= 4 is 27.6 Å². The van der Waals surface area contributed by atoms with Crippen molar-refractivity contribution in [3.05, 3.63) is 42.7 Å². The molecule has 32 heavy (non-hydrogen) atoms. The molecule has 0 spiro atoms. The normalized spacial score (nSPS) is 15.1. The molecule has 0 unspecified atom stereocenters. The molecule has 172 valence electrons. The summed E-state index contributed by atoms with van der Waals surface area (Å²) in [6.07, 6.45) is 3.42. The van der Waals surface area contributed by atoms with Gasteiger partial charge in [-0.2, -0.15) is 4.31 Å². The fraction of sp³-hybridized carbons (Fsp3) is 0.381. The number of piperidine rings is 1. The third kappa shape index (κ3) is 5.54. The van der Waals surface area contributed by atoms with Gasteiger partial charge in [-0.25, -0.2) is 8.42 Å². The SMILES string of the molecule is COc1ccc(NC(=O)COC(=O)C2CCN(S(=O)(=O)c3cccnc3)CC2)c(OC)c1. The molecule has 1 aromatic heterocycles. The maximum absolute atomic E-state index is 12.6. The first-order valence-corrected chi connectivity index (χ1v) is 11.4. The largest absolute Gasteiger partial charge is 0.497 e. The molecule has 1 fully saturated rings. The third-order valence-corrected chi connectivity index (χ3v) is 6.97. The number of carbonyl (C=O) groups is 2. The smallest absolute Gasteiger partial charge is 0.309 e. The van der Waals surface area contributed by atoms with Gasteiger partial charge >= 0.3 is 5.97 Å². The lowest BCUT2D eigenvalue weighted by Gasteiger charge is -2.29. The molecule has 2 heterocycles. The van der Waals surface area contributed by atoms with E-state index in [0.29, 0.717) is 30.0 Å². The molecular formula is C21H25N3O7S. The summed E-state index contributed by atoms with van der Waals surface area (Å²) in [6.45, 7) is -0.0826. The highest BCUT2D eigenvalue weighted by molar-refractivity contribution is 7.89. The topological polar surface area (TPSA) is 124 Å². The van der Waals surface area contributed by atoms with Crippen LogP contribution in [0, 0.1) is 5.92 Å². The molecule has 0 bridgehead atoms. The fourth-order valence-corrected chi connectivity index (χ4v) is 4.76. The van der Waals surface area contributed by atoms with E-state index in [1.165, 1.54) is 37.0 Å². The van der Waals surface area contributed by atoms with E-state index in [1.807, 2.05) is 0 Å². The number of hydrogen-bond donors (Lipinski definition) is 1. The van der Waals surface area contributed by atoms with Crippen molar-refractivity contribution in [2.45, 2.75) is 17.7 Å². The Morgan fingerprint density at radius 1 is 1.16 bits per heavy atom. The molecular weight excluding hydrogens is 438 g/mol. The lowest BCUT2D eigenvalue weighted by atomic mass is 9.98. The number of amides is 1. The first-order valence-electron chi connectivity index (χ1n) is 9.94. The molecule has 1 amide bonds. The van der Waals surface area contributed by atoms with Gasteiger partial charge in [0.25, 0.3) is 5.91 Å². The van der Waals surface area contributed by atoms with E-state index in [9.17, 15) is 18.0 Å². The van der Waals surface area contributed by atoms with Crippen molar-refractivity contribution in [2.75, 3.05) is 39.2 Å². The van der Waals surface area contributed by atoms with E-state index in [-0.39, 0.29) is 18.0 Å². The highest BCUT2D eigenvalue weighted by atomic mass is 32.2. The van der Waals surface area contributed by atoms with Gasteiger partial charge in [-0.05, 0) is 37.1 Å². The van der Waals surface area contributed by atoms with Crippen LogP contribution in [-0.4, -0.2) is 63.5 Å². The van der Waals surface area contributed by atoms with Crippen LogP contribution in [0.2, 0.25) is 0 Å². The average molecular weight is 464 g/mol. The minimum Gasteiger partial charge on any atom is -0.497 e. The van der Waals surface area contributed by atoms with Crippen LogP contribution in [0.4, 0.5) is 5.69 Å². The van der Waals surface area contributed by atoms with Crippen LogP contribution in [0.25, 0.3) is 0 Å². The summed E-state index contributed by atoms with van der Waals surface area (Å²) in [7, 11) is -0.667. The molecule has 0 radical (unpaired) electrons. The van der Waals surface area contributed by atoms with Crippen LogP contribution in [0.15, 0.2) is 47.6 Å². The van der Waals surface area contributed by atoms with Crippen LogP contribution < -0.4 is 14.8 Å². The van der Waals surface area contributed by atoms with E-state index in [4.69, 9.17) is 14.2 Å². The zero-order valence-corrected chi connectivity index (χ0v) is 18.6. The summed E-state index contributed by atoms with van der Waals surface area (Å²) in [4.78, 5) is 28.5. The van der Waals surface area contributed by atoms with Crippen LogP contribution in [0.3, 0.4) is 0 Å². The number of methoxy groups -OCH3 is 2. The molecule has 0 saturated carbocycles. The molecule has 1 N–H and O–H groups in total. The number of rotatable bonds is 8. The fourth-order valence-electron chi connectivity index (χ4n) is 3.32. The molecule has 1 aromatic carbocycles. The maximum Gasteiger partial charge on any atom is 0.309 e. The van der Waals surface area contributed by atoms with E-state index < -0.39 is 34.4 Å². The summed E-state index contributed by atoms with van der Waals surface area (Å²) in [6, 6.07) is 7.95. The van der Waals surface area contributed by atoms with E-state index >= 15 is 0 Å². The molecule has 0 aliphatic carbocycles. The number of nitrogens with one attached hydrogen (secondary N) is 1. The molecule has 1 aliphatic rings. The predicted molar refractivity (Wildman–Crippen MR) is 115 cm³/mol. The highest BCUT2D eigenvalue weighted by Gasteiger charge is 2.33. The van der Waals surface area contributed by atoms with Crippen LogP contribution in [-0.2, 0) is 24.3 Å². The second-order valence-corrected chi connectivity index (χ2v) is 9.03. The zero-order chi connectivity index (χ0) is 23.1. The summed E-state index contributed by atoms with van der Waals surface area (Å²) in [5.74, 6) is -0.535. The number of benzene rings is 1. The quantitative estimate of drug-likeness (QED) is 0.587. The zero-order valence-electron chi connectivity index (χ0n) is 17.8. The number of carbonyl (C=O) groups excluding carboxylic acids is 2. The van der Waals surface area contributed by atoms with Gasteiger partial charge in [0.1, 0.15) is 16.4 Å². The van der Waals surface area contributed by atoms with E-state index in [2.05, 4.69) is 10.3 Å². The number of aromatic nitrogens is 1. The van der Waals surface area contributed by atoms with Crippen molar-refractivity contribution in [2.24, 2.45) is 5.92 Å². The number of pyridine rings is 1. The first-order chi connectivity index (χ1) is 15.3. The second kappa shape index (κ2) is 10.4. The summed E-state index contributed by atoms with van der Waals surface area (Å²) >= 11 is 0. The third-order valence-electron chi connectivity index (χ3n) is 5.09. The Morgan fingerprint density at radius 3 is 2.53 bits per heavy atom. The summed E-state index contributed by atoms with van der Waals surface area (Å²) in [5, 5.41) is 2.63. The summed E-state index contributed by atoms with van der Waals surface area (Å²) < 4.78 is 42.1. The molecule has 1 aliphatic heterocycles. The number of hydrogen-bond acceptors (Lipinski definition) is 8. The van der Waals surface area contributed by atoms with Crippen LogP contribution >= 0.6 is 0 Å². The van der Waals surface area contributed by atoms with Gasteiger partial charge in [-0.3, -0.25) is 14.6 Å².